The Morgan fingerprint density at radius 1 is 1.22 bits per heavy atom. The number of carbonyl (C=O) groups is 2. The van der Waals surface area contributed by atoms with Crippen LogP contribution in [-0.2, 0) is 16.0 Å². The topological polar surface area (TPSA) is 37.4 Å². The van der Waals surface area contributed by atoms with Crippen molar-refractivity contribution < 1.29 is 9.59 Å². The van der Waals surface area contributed by atoms with E-state index < -0.39 is 0 Å². The van der Waals surface area contributed by atoms with Crippen LogP contribution in [-0.4, -0.2) is 11.8 Å². The van der Waals surface area contributed by atoms with Crippen LogP contribution < -0.4 is 4.90 Å². The van der Waals surface area contributed by atoms with Crippen molar-refractivity contribution in [3.8, 4) is 0 Å². The Balaban J connectivity index is 2.04. The first-order chi connectivity index (χ1) is 8.58. The predicted octanol–water partition coefficient (Wildman–Crippen LogP) is 2.69. The van der Waals surface area contributed by atoms with Crippen LogP contribution in [0.4, 0.5) is 5.69 Å². The van der Waals surface area contributed by atoms with Crippen molar-refractivity contribution in [2.45, 2.75) is 33.1 Å². The Bertz CT molecular complexity index is 593. The molecule has 1 aromatic rings. The molecule has 3 nitrogen and oxygen atoms in total. The molecular formula is C15H15NO2. The van der Waals surface area contributed by atoms with E-state index in [9.17, 15) is 9.59 Å². The number of nitrogens with zero attached hydrogens (tertiary/aromatic N) is 1. The third-order valence-corrected chi connectivity index (χ3v) is 3.69. The number of rotatable bonds is 1. The number of hydrogen-bond donors (Lipinski definition) is 0. The van der Waals surface area contributed by atoms with Crippen molar-refractivity contribution in [1.82, 2.24) is 0 Å². The van der Waals surface area contributed by atoms with E-state index in [4.69, 9.17) is 0 Å². The van der Waals surface area contributed by atoms with Gasteiger partial charge in [-0.05, 0) is 48.6 Å². The van der Waals surface area contributed by atoms with Gasteiger partial charge in [0.1, 0.15) is 0 Å². The van der Waals surface area contributed by atoms with Crippen LogP contribution in [0.25, 0.3) is 5.57 Å². The molecule has 1 heterocycles. The number of carbonyl (C=O) groups excluding carboxylic acids is 2. The lowest BCUT2D eigenvalue weighted by atomic mass is 10.0. The summed E-state index contributed by atoms with van der Waals surface area (Å²) in [5, 5.41) is 0. The van der Waals surface area contributed by atoms with Crippen LogP contribution in [0.2, 0.25) is 0 Å². The van der Waals surface area contributed by atoms with E-state index in [0.717, 1.165) is 11.3 Å². The summed E-state index contributed by atoms with van der Waals surface area (Å²) < 4.78 is 0. The van der Waals surface area contributed by atoms with E-state index in [1.165, 1.54) is 41.4 Å². The molecule has 18 heavy (non-hydrogen) atoms. The van der Waals surface area contributed by atoms with Gasteiger partial charge in [0.2, 0.25) is 11.8 Å². The molecule has 0 aromatic heterocycles. The minimum Gasteiger partial charge on any atom is -0.274 e. The maximum absolute atomic E-state index is 11.8. The molecule has 1 saturated carbocycles. The summed E-state index contributed by atoms with van der Waals surface area (Å²) in [5.74, 6) is -0.324. The van der Waals surface area contributed by atoms with Crippen molar-refractivity contribution in [2.24, 2.45) is 0 Å². The van der Waals surface area contributed by atoms with Gasteiger partial charge in [0.05, 0.1) is 12.1 Å². The molecule has 2 amide bonds. The number of anilines is 1. The Kier molecular flexibility index (Phi) is 2.37. The highest BCUT2D eigenvalue weighted by atomic mass is 16.2. The molecule has 92 valence electrons. The second kappa shape index (κ2) is 3.80. The van der Waals surface area contributed by atoms with Gasteiger partial charge >= 0.3 is 0 Å². The molecule has 1 aliphatic heterocycles. The lowest BCUT2D eigenvalue weighted by molar-refractivity contribution is -0.124. The van der Waals surface area contributed by atoms with E-state index in [-0.39, 0.29) is 11.8 Å². The monoisotopic (exact) mass is 241 g/mol. The van der Waals surface area contributed by atoms with Crippen LogP contribution in [0.15, 0.2) is 23.8 Å². The second-order valence-electron chi connectivity index (χ2n) is 5.00. The first kappa shape index (κ1) is 11.2. The lowest BCUT2D eigenvalue weighted by Gasteiger charge is -2.13. The number of imide groups is 1. The van der Waals surface area contributed by atoms with E-state index in [0.29, 0.717) is 6.42 Å². The second-order valence-corrected chi connectivity index (χ2v) is 5.00. The van der Waals surface area contributed by atoms with Crippen molar-refractivity contribution >= 4 is 23.1 Å². The van der Waals surface area contributed by atoms with Gasteiger partial charge in [-0.2, -0.15) is 0 Å². The van der Waals surface area contributed by atoms with Crippen LogP contribution in [0.5, 0.6) is 0 Å². The van der Waals surface area contributed by atoms with Crippen molar-refractivity contribution in [3.63, 3.8) is 0 Å². The first-order valence-electron chi connectivity index (χ1n) is 6.23. The molecule has 2 aliphatic rings. The zero-order valence-corrected chi connectivity index (χ0v) is 10.6. The standard InChI is InChI=1S/C15H15NO2/c1-9(11-3-4-11)12-5-6-14-13(7-12)8-15(18)16(14)10(2)17/h5-7H,3-4,8H2,1-2H3. The van der Waals surface area contributed by atoms with Gasteiger partial charge < -0.3 is 0 Å². The summed E-state index contributed by atoms with van der Waals surface area (Å²) in [5.41, 5.74) is 5.73. The summed E-state index contributed by atoms with van der Waals surface area (Å²) in [6.07, 6.45) is 2.73. The highest BCUT2D eigenvalue weighted by molar-refractivity contribution is 6.18. The summed E-state index contributed by atoms with van der Waals surface area (Å²) in [6.45, 7) is 3.56. The number of amides is 2. The number of benzene rings is 1. The molecule has 0 N–H and O–H groups in total. The fourth-order valence-electron chi connectivity index (χ4n) is 2.54. The molecule has 0 radical (unpaired) electrons. The zero-order valence-electron chi connectivity index (χ0n) is 10.6. The molecule has 0 spiro atoms. The van der Waals surface area contributed by atoms with Crippen LogP contribution in [0, 0.1) is 0 Å². The Hall–Kier alpha value is -1.90. The number of fused-ring (bicyclic) bond motifs is 1. The molecule has 3 rings (SSSR count). The molecular weight excluding hydrogens is 226 g/mol. The molecule has 1 fully saturated rings. The average molecular weight is 241 g/mol. The Morgan fingerprint density at radius 2 is 1.94 bits per heavy atom. The Morgan fingerprint density at radius 3 is 2.56 bits per heavy atom. The minimum absolute atomic E-state index is 0.119. The van der Waals surface area contributed by atoms with Crippen molar-refractivity contribution in [2.75, 3.05) is 4.90 Å². The minimum atomic E-state index is -0.205. The largest absolute Gasteiger partial charge is 0.274 e. The highest BCUT2D eigenvalue weighted by Gasteiger charge is 2.30. The fourth-order valence-corrected chi connectivity index (χ4v) is 2.54. The van der Waals surface area contributed by atoms with E-state index in [2.05, 4.69) is 13.0 Å². The van der Waals surface area contributed by atoms with Crippen LogP contribution in [0.1, 0.15) is 37.8 Å². The van der Waals surface area contributed by atoms with Crippen molar-refractivity contribution in [3.05, 3.63) is 34.9 Å². The maximum atomic E-state index is 11.8. The highest BCUT2D eigenvalue weighted by Crippen LogP contribution is 2.38. The normalized spacial score (nSPS) is 16.9. The van der Waals surface area contributed by atoms with Crippen molar-refractivity contribution in [1.29, 1.82) is 0 Å². The summed E-state index contributed by atoms with van der Waals surface area (Å²) in [7, 11) is 0. The smallest absolute Gasteiger partial charge is 0.238 e. The first-order valence-corrected chi connectivity index (χ1v) is 6.23. The van der Waals surface area contributed by atoms with Gasteiger partial charge in [-0.3, -0.25) is 14.5 Å². The van der Waals surface area contributed by atoms with Gasteiger partial charge in [0.15, 0.2) is 0 Å². The number of hydrogen-bond acceptors (Lipinski definition) is 2. The van der Waals surface area contributed by atoms with E-state index in [1.807, 2.05) is 12.1 Å². The molecule has 3 heteroatoms. The van der Waals surface area contributed by atoms with Crippen LogP contribution >= 0.6 is 0 Å². The zero-order chi connectivity index (χ0) is 12.9. The molecule has 0 bridgehead atoms. The van der Waals surface area contributed by atoms with Gasteiger partial charge in [0.25, 0.3) is 0 Å². The Labute approximate surface area is 106 Å². The maximum Gasteiger partial charge on any atom is 0.238 e. The molecule has 1 aliphatic carbocycles. The van der Waals surface area contributed by atoms with Gasteiger partial charge in [0, 0.05) is 6.92 Å². The van der Waals surface area contributed by atoms with Crippen LogP contribution in [0.3, 0.4) is 0 Å². The molecule has 1 aromatic carbocycles. The fraction of sp³-hybridized carbons (Fsp3) is 0.333. The third-order valence-electron chi connectivity index (χ3n) is 3.69. The quantitative estimate of drug-likeness (QED) is 0.758. The molecule has 0 atom stereocenters. The van der Waals surface area contributed by atoms with Gasteiger partial charge in [-0.25, -0.2) is 0 Å². The van der Waals surface area contributed by atoms with Gasteiger partial charge in [-0.1, -0.05) is 11.6 Å². The van der Waals surface area contributed by atoms with E-state index >= 15 is 0 Å². The molecule has 0 unspecified atom stereocenters. The third kappa shape index (κ3) is 1.67. The van der Waals surface area contributed by atoms with Gasteiger partial charge in [-0.15, -0.1) is 0 Å². The molecule has 0 saturated heterocycles. The lowest BCUT2D eigenvalue weighted by Crippen LogP contribution is -2.31. The average Bonchev–Trinajstić information content (AvgIpc) is 3.09. The predicted molar refractivity (Wildman–Crippen MR) is 70.1 cm³/mol. The summed E-state index contributed by atoms with van der Waals surface area (Å²) >= 11 is 0. The van der Waals surface area contributed by atoms with E-state index in [1.54, 1.807) is 0 Å². The SMILES string of the molecule is CC(=O)N1C(=O)Cc2cc(C(C)=C3CC3)ccc21. The summed E-state index contributed by atoms with van der Waals surface area (Å²) in [4.78, 5) is 24.5. The number of allylic oxidation sites excluding steroid dienone is 2. The summed E-state index contributed by atoms with van der Waals surface area (Å²) in [6, 6.07) is 5.95.